The van der Waals surface area contributed by atoms with Gasteiger partial charge in [0, 0.05) is 6.20 Å². The molecule has 16 heavy (non-hydrogen) atoms. The molecule has 1 amide bonds. The number of hydrogen-bond donors (Lipinski definition) is 3. The third kappa shape index (κ3) is 2.11. The normalized spacial score (nSPS) is 10.0. The minimum atomic E-state index is -0.301. The van der Waals surface area contributed by atoms with Crippen LogP contribution in [-0.4, -0.2) is 31.5 Å². The summed E-state index contributed by atoms with van der Waals surface area (Å²) in [5.74, 6) is 0.102. The fraction of sp³-hybridized carbons (Fsp3) is 0.125. The number of rotatable bonds is 3. The Kier molecular flexibility index (Phi) is 2.72. The van der Waals surface area contributed by atoms with Crippen LogP contribution >= 0.6 is 0 Å². The van der Waals surface area contributed by atoms with Crippen LogP contribution in [0.4, 0.5) is 5.69 Å². The van der Waals surface area contributed by atoms with E-state index >= 15 is 0 Å². The van der Waals surface area contributed by atoms with Crippen molar-refractivity contribution in [1.29, 1.82) is 0 Å². The number of nitrogens with one attached hydrogen (secondary N) is 2. The van der Waals surface area contributed by atoms with E-state index in [0.29, 0.717) is 17.1 Å². The molecule has 8 nitrogen and oxygen atoms in total. The van der Waals surface area contributed by atoms with Crippen molar-refractivity contribution in [3.8, 4) is 0 Å². The second kappa shape index (κ2) is 4.34. The molecule has 0 fully saturated rings. The van der Waals surface area contributed by atoms with Crippen molar-refractivity contribution in [2.45, 2.75) is 6.54 Å². The van der Waals surface area contributed by atoms with Crippen molar-refractivity contribution in [2.75, 3.05) is 5.73 Å². The number of tetrazole rings is 1. The van der Waals surface area contributed by atoms with E-state index in [0.717, 1.165) is 0 Å². The Labute approximate surface area is 90.3 Å². The molecule has 0 spiro atoms. The predicted octanol–water partition coefficient (Wildman–Crippen LogP) is -0.893. The maximum absolute atomic E-state index is 11.7. The highest BCUT2D eigenvalue weighted by Crippen LogP contribution is 2.07. The number of pyridine rings is 1. The van der Waals surface area contributed by atoms with E-state index in [2.05, 4.69) is 30.9 Å². The van der Waals surface area contributed by atoms with Gasteiger partial charge in [0.15, 0.2) is 5.82 Å². The van der Waals surface area contributed by atoms with Crippen molar-refractivity contribution in [2.24, 2.45) is 0 Å². The lowest BCUT2D eigenvalue weighted by molar-refractivity contribution is 0.0950. The molecule has 0 aliphatic rings. The van der Waals surface area contributed by atoms with E-state index in [4.69, 9.17) is 5.73 Å². The number of hydrogen-bond acceptors (Lipinski definition) is 6. The Morgan fingerprint density at radius 3 is 3.12 bits per heavy atom. The first-order valence-electron chi connectivity index (χ1n) is 4.47. The molecule has 0 bridgehead atoms. The Hall–Kier alpha value is -2.51. The fourth-order valence-electron chi connectivity index (χ4n) is 1.13. The first-order valence-corrected chi connectivity index (χ1v) is 4.47. The molecule has 2 aromatic heterocycles. The fourth-order valence-corrected chi connectivity index (χ4v) is 1.13. The molecule has 4 N–H and O–H groups in total. The van der Waals surface area contributed by atoms with Gasteiger partial charge in [-0.25, -0.2) is 0 Å². The summed E-state index contributed by atoms with van der Waals surface area (Å²) >= 11 is 0. The standard InChI is InChI=1S/C8H9N7O/c9-6-3-10-2-1-5(6)8(16)11-4-7-12-14-15-13-7/h1-3H,4,9H2,(H,11,16)(H,12,13,14,15). The Morgan fingerprint density at radius 1 is 1.56 bits per heavy atom. The Morgan fingerprint density at radius 2 is 2.44 bits per heavy atom. The quantitative estimate of drug-likeness (QED) is 0.615. The molecule has 0 aromatic carbocycles. The van der Waals surface area contributed by atoms with Crippen LogP contribution in [0.15, 0.2) is 18.5 Å². The van der Waals surface area contributed by atoms with Gasteiger partial charge in [0.25, 0.3) is 5.91 Å². The van der Waals surface area contributed by atoms with Gasteiger partial charge in [0.2, 0.25) is 0 Å². The summed E-state index contributed by atoms with van der Waals surface area (Å²) < 4.78 is 0. The van der Waals surface area contributed by atoms with Crippen LogP contribution in [0.1, 0.15) is 16.2 Å². The van der Waals surface area contributed by atoms with Crippen molar-refractivity contribution in [1.82, 2.24) is 30.9 Å². The smallest absolute Gasteiger partial charge is 0.253 e. The largest absolute Gasteiger partial charge is 0.397 e. The zero-order valence-corrected chi connectivity index (χ0v) is 8.21. The second-order valence-electron chi connectivity index (χ2n) is 2.97. The molecule has 0 saturated heterocycles. The summed E-state index contributed by atoms with van der Waals surface area (Å²) in [5, 5.41) is 15.7. The molecule has 0 aliphatic heterocycles. The van der Waals surface area contributed by atoms with E-state index in [1.54, 1.807) is 6.07 Å². The summed E-state index contributed by atoms with van der Waals surface area (Å²) in [5.41, 5.74) is 6.30. The number of nitrogens with zero attached hydrogens (tertiary/aromatic N) is 4. The van der Waals surface area contributed by atoms with Gasteiger partial charge in [-0.05, 0) is 6.07 Å². The zero-order valence-electron chi connectivity index (χ0n) is 8.21. The van der Waals surface area contributed by atoms with Gasteiger partial charge < -0.3 is 11.1 Å². The summed E-state index contributed by atoms with van der Waals surface area (Å²) in [6.07, 6.45) is 2.92. The number of aromatic nitrogens is 5. The van der Waals surface area contributed by atoms with Gasteiger partial charge in [-0.2, -0.15) is 5.21 Å². The number of H-pyrrole nitrogens is 1. The molecule has 82 valence electrons. The number of anilines is 1. The lowest BCUT2D eigenvalue weighted by Gasteiger charge is -2.04. The highest BCUT2D eigenvalue weighted by molar-refractivity contribution is 5.98. The average Bonchev–Trinajstić information content (AvgIpc) is 2.79. The lowest BCUT2D eigenvalue weighted by atomic mass is 10.2. The summed E-state index contributed by atoms with van der Waals surface area (Å²) in [7, 11) is 0. The van der Waals surface area contributed by atoms with Gasteiger partial charge in [-0.15, -0.1) is 10.2 Å². The molecule has 0 unspecified atom stereocenters. The van der Waals surface area contributed by atoms with E-state index in [1.807, 2.05) is 0 Å². The summed E-state index contributed by atoms with van der Waals surface area (Å²) in [6.45, 7) is 0.192. The van der Waals surface area contributed by atoms with Crippen molar-refractivity contribution in [3.63, 3.8) is 0 Å². The van der Waals surface area contributed by atoms with E-state index < -0.39 is 0 Å². The minimum Gasteiger partial charge on any atom is -0.397 e. The summed E-state index contributed by atoms with van der Waals surface area (Å²) in [6, 6.07) is 1.54. The van der Waals surface area contributed by atoms with E-state index in [1.165, 1.54) is 12.4 Å². The third-order valence-corrected chi connectivity index (χ3v) is 1.89. The van der Waals surface area contributed by atoms with Crippen LogP contribution in [0.3, 0.4) is 0 Å². The number of nitrogens with two attached hydrogens (primary N) is 1. The van der Waals surface area contributed by atoms with Gasteiger partial charge >= 0.3 is 0 Å². The van der Waals surface area contributed by atoms with Gasteiger partial charge in [-0.1, -0.05) is 5.21 Å². The number of amides is 1. The predicted molar refractivity (Wildman–Crippen MR) is 54.0 cm³/mol. The maximum Gasteiger partial charge on any atom is 0.253 e. The zero-order chi connectivity index (χ0) is 11.4. The van der Waals surface area contributed by atoms with E-state index in [-0.39, 0.29) is 12.5 Å². The van der Waals surface area contributed by atoms with Crippen LogP contribution in [0, 0.1) is 0 Å². The van der Waals surface area contributed by atoms with Crippen LogP contribution in [0.25, 0.3) is 0 Å². The molecule has 0 radical (unpaired) electrons. The molecule has 2 aromatic rings. The highest BCUT2D eigenvalue weighted by atomic mass is 16.1. The molecular formula is C8H9N7O. The molecule has 0 aliphatic carbocycles. The van der Waals surface area contributed by atoms with Crippen LogP contribution < -0.4 is 11.1 Å². The topological polar surface area (TPSA) is 122 Å². The van der Waals surface area contributed by atoms with Crippen molar-refractivity contribution in [3.05, 3.63) is 29.8 Å². The number of aromatic amines is 1. The monoisotopic (exact) mass is 219 g/mol. The van der Waals surface area contributed by atoms with Crippen molar-refractivity contribution >= 4 is 11.6 Å². The third-order valence-electron chi connectivity index (χ3n) is 1.89. The number of carbonyl (C=O) groups is 1. The Balaban J connectivity index is 2.01. The molecule has 8 heteroatoms. The number of nitrogen functional groups attached to an aromatic ring is 1. The number of carbonyl (C=O) groups excluding carboxylic acids is 1. The average molecular weight is 219 g/mol. The highest BCUT2D eigenvalue weighted by Gasteiger charge is 2.09. The van der Waals surface area contributed by atoms with E-state index in [9.17, 15) is 4.79 Å². The van der Waals surface area contributed by atoms with Gasteiger partial charge in [-0.3, -0.25) is 9.78 Å². The molecule has 0 atom stereocenters. The molecule has 0 saturated carbocycles. The lowest BCUT2D eigenvalue weighted by Crippen LogP contribution is -2.24. The SMILES string of the molecule is Nc1cnccc1C(=O)NCc1nn[nH]n1. The van der Waals surface area contributed by atoms with Gasteiger partial charge in [0.1, 0.15) is 0 Å². The maximum atomic E-state index is 11.7. The Bertz CT molecular complexity index is 481. The summed E-state index contributed by atoms with van der Waals surface area (Å²) in [4.78, 5) is 15.4. The first-order chi connectivity index (χ1) is 7.77. The van der Waals surface area contributed by atoms with Crippen LogP contribution in [-0.2, 0) is 6.54 Å². The minimum absolute atomic E-state index is 0.192. The second-order valence-corrected chi connectivity index (χ2v) is 2.97. The van der Waals surface area contributed by atoms with Crippen molar-refractivity contribution < 1.29 is 4.79 Å². The first kappa shape index (κ1) is 10.0. The molecule has 2 heterocycles. The molecule has 2 rings (SSSR count). The van der Waals surface area contributed by atoms with Crippen LogP contribution in [0.2, 0.25) is 0 Å². The van der Waals surface area contributed by atoms with Gasteiger partial charge in [0.05, 0.1) is 24.0 Å². The molecular weight excluding hydrogens is 210 g/mol. The van der Waals surface area contributed by atoms with Crippen LogP contribution in [0.5, 0.6) is 0 Å².